The number of hydrogen-bond donors (Lipinski definition) is 0. The lowest BCUT2D eigenvalue weighted by Gasteiger charge is -2.20. The van der Waals surface area contributed by atoms with Gasteiger partial charge < -0.3 is 0 Å². The maximum absolute atomic E-state index is 11.2. The van der Waals surface area contributed by atoms with Crippen molar-refractivity contribution in [3.05, 3.63) is 0 Å². The van der Waals surface area contributed by atoms with E-state index >= 15 is 0 Å². The highest BCUT2D eigenvalue weighted by atomic mass is 35.5. The Labute approximate surface area is 72.9 Å². The molecule has 0 radical (unpaired) electrons. The Balaban J connectivity index is 2.58. The lowest BCUT2D eigenvalue weighted by molar-refractivity contribution is 0.485. The monoisotopic (exact) mass is 196 g/mol. The minimum absolute atomic E-state index is 0.145. The van der Waals surface area contributed by atoms with Crippen LogP contribution in [0.4, 0.5) is 0 Å². The van der Waals surface area contributed by atoms with E-state index in [-0.39, 0.29) is 10.5 Å². The van der Waals surface area contributed by atoms with Gasteiger partial charge in [0.1, 0.15) is 5.21 Å². The fraction of sp³-hybridized carbons (Fsp3) is 1.00. The zero-order chi connectivity index (χ0) is 8.32. The van der Waals surface area contributed by atoms with Crippen LogP contribution < -0.4 is 0 Å². The Kier molecular flexibility index (Phi) is 3.19. The molecule has 1 aliphatic carbocycles. The van der Waals surface area contributed by atoms with Crippen molar-refractivity contribution in [2.75, 3.05) is 5.21 Å². The number of rotatable bonds is 2. The summed E-state index contributed by atoms with van der Waals surface area (Å²) < 4.78 is 22.4. The molecule has 0 aromatic rings. The first-order chi connectivity index (χ1) is 5.17. The molecule has 0 bridgehead atoms. The van der Waals surface area contributed by atoms with E-state index in [1.165, 1.54) is 6.42 Å². The predicted molar refractivity (Wildman–Crippen MR) is 46.5 cm³/mol. The van der Waals surface area contributed by atoms with Gasteiger partial charge in [-0.2, -0.15) is 0 Å². The minimum atomic E-state index is -2.96. The Morgan fingerprint density at radius 1 is 1.18 bits per heavy atom. The molecule has 66 valence electrons. The topological polar surface area (TPSA) is 34.1 Å². The number of sulfone groups is 1. The van der Waals surface area contributed by atoms with Gasteiger partial charge in [-0.15, -0.1) is 11.6 Å². The first-order valence-electron chi connectivity index (χ1n) is 3.94. The number of halogens is 1. The van der Waals surface area contributed by atoms with Gasteiger partial charge in [-0.25, -0.2) is 8.42 Å². The molecule has 0 heterocycles. The summed E-state index contributed by atoms with van der Waals surface area (Å²) in [6.45, 7) is 0. The van der Waals surface area contributed by atoms with Crippen molar-refractivity contribution in [1.82, 2.24) is 0 Å². The highest BCUT2D eigenvalue weighted by Gasteiger charge is 2.25. The minimum Gasteiger partial charge on any atom is -0.227 e. The van der Waals surface area contributed by atoms with Crippen LogP contribution in [0.25, 0.3) is 0 Å². The fourth-order valence-corrected chi connectivity index (χ4v) is 3.28. The van der Waals surface area contributed by atoms with Crippen LogP contribution in [-0.2, 0) is 9.84 Å². The van der Waals surface area contributed by atoms with Crippen molar-refractivity contribution in [2.24, 2.45) is 0 Å². The molecule has 0 atom stereocenters. The fourth-order valence-electron chi connectivity index (χ4n) is 1.51. The van der Waals surface area contributed by atoms with Crippen LogP contribution in [0.5, 0.6) is 0 Å². The maximum atomic E-state index is 11.2. The molecule has 0 unspecified atom stereocenters. The number of alkyl halides is 1. The second-order valence-corrected chi connectivity index (χ2v) is 5.90. The van der Waals surface area contributed by atoms with E-state index in [9.17, 15) is 8.42 Å². The average molecular weight is 197 g/mol. The van der Waals surface area contributed by atoms with Crippen LogP contribution in [0.3, 0.4) is 0 Å². The molecule has 1 saturated carbocycles. The summed E-state index contributed by atoms with van der Waals surface area (Å²) in [6, 6.07) is 0. The third-order valence-electron chi connectivity index (χ3n) is 2.21. The number of hydrogen-bond acceptors (Lipinski definition) is 2. The lowest BCUT2D eigenvalue weighted by Crippen LogP contribution is -2.24. The van der Waals surface area contributed by atoms with Gasteiger partial charge in [-0.05, 0) is 12.8 Å². The first-order valence-corrected chi connectivity index (χ1v) is 6.19. The Bertz CT molecular complexity index is 204. The Morgan fingerprint density at radius 3 is 2.18 bits per heavy atom. The van der Waals surface area contributed by atoms with Crippen molar-refractivity contribution in [1.29, 1.82) is 0 Å². The molecule has 2 nitrogen and oxygen atoms in total. The van der Waals surface area contributed by atoms with Gasteiger partial charge in [0.25, 0.3) is 0 Å². The van der Waals surface area contributed by atoms with E-state index in [1.807, 2.05) is 0 Å². The van der Waals surface area contributed by atoms with Crippen molar-refractivity contribution < 1.29 is 8.42 Å². The van der Waals surface area contributed by atoms with Crippen molar-refractivity contribution in [2.45, 2.75) is 37.4 Å². The zero-order valence-electron chi connectivity index (χ0n) is 6.42. The van der Waals surface area contributed by atoms with Crippen LogP contribution in [0.15, 0.2) is 0 Å². The van der Waals surface area contributed by atoms with Gasteiger partial charge in [0, 0.05) is 0 Å². The van der Waals surface area contributed by atoms with E-state index in [0.717, 1.165) is 25.7 Å². The van der Waals surface area contributed by atoms with E-state index in [4.69, 9.17) is 11.6 Å². The first kappa shape index (κ1) is 9.33. The van der Waals surface area contributed by atoms with Crippen LogP contribution in [0.2, 0.25) is 0 Å². The normalized spacial score (nSPS) is 21.9. The molecule has 0 aromatic carbocycles. The van der Waals surface area contributed by atoms with E-state index < -0.39 is 9.84 Å². The Morgan fingerprint density at radius 2 is 1.73 bits per heavy atom. The smallest absolute Gasteiger partial charge is 0.167 e. The molecule has 0 amide bonds. The largest absolute Gasteiger partial charge is 0.227 e. The van der Waals surface area contributed by atoms with Crippen LogP contribution in [0.1, 0.15) is 32.1 Å². The van der Waals surface area contributed by atoms with Gasteiger partial charge in [0.15, 0.2) is 9.84 Å². The third kappa shape index (κ3) is 2.34. The summed E-state index contributed by atoms with van der Waals surface area (Å²) in [5.41, 5.74) is 0. The molecule has 11 heavy (non-hydrogen) atoms. The van der Waals surface area contributed by atoms with E-state index in [0.29, 0.717) is 0 Å². The molecular weight excluding hydrogens is 184 g/mol. The second-order valence-electron chi connectivity index (χ2n) is 3.03. The van der Waals surface area contributed by atoms with Gasteiger partial charge in [0.05, 0.1) is 5.25 Å². The standard InChI is InChI=1S/C7H13ClO2S/c8-6-11(9,10)7-4-2-1-3-5-7/h7H,1-6H2. The summed E-state index contributed by atoms with van der Waals surface area (Å²) in [5.74, 6) is 0. The van der Waals surface area contributed by atoms with Crippen molar-refractivity contribution in [3.8, 4) is 0 Å². The maximum Gasteiger partial charge on any atom is 0.167 e. The molecule has 0 saturated heterocycles. The highest BCUT2D eigenvalue weighted by Crippen LogP contribution is 2.24. The summed E-state index contributed by atoms with van der Waals surface area (Å²) in [7, 11) is -2.96. The lowest BCUT2D eigenvalue weighted by atomic mass is 10.0. The average Bonchev–Trinajstić information content (AvgIpc) is 2.06. The molecule has 4 heteroatoms. The highest BCUT2D eigenvalue weighted by molar-refractivity contribution is 7.93. The molecule has 1 aliphatic rings. The van der Waals surface area contributed by atoms with Crippen LogP contribution in [0, 0.1) is 0 Å². The Hall–Kier alpha value is 0.240. The second kappa shape index (κ2) is 3.76. The van der Waals surface area contributed by atoms with Crippen molar-refractivity contribution in [3.63, 3.8) is 0 Å². The van der Waals surface area contributed by atoms with E-state index in [1.54, 1.807) is 0 Å². The molecular formula is C7H13ClO2S. The molecule has 0 N–H and O–H groups in total. The van der Waals surface area contributed by atoms with E-state index in [2.05, 4.69) is 0 Å². The zero-order valence-corrected chi connectivity index (χ0v) is 8.00. The summed E-state index contributed by atoms with van der Waals surface area (Å²) in [4.78, 5) is 0. The van der Waals surface area contributed by atoms with Crippen LogP contribution >= 0.6 is 11.6 Å². The SMILES string of the molecule is O=S(=O)(CCl)C1CCCCC1. The predicted octanol–water partition coefficient (Wildman–Crippen LogP) is 1.93. The molecule has 0 spiro atoms. The summed E-state index contributed by atoms with van der Waals surface area (Å²) in [6.07, 6.45) is 4.89. The van der Waals surface area contributed by atoms with Crippen LogP contribution in [-0.4, -0.2) is 18.9 Å². The van der Waals surface area contributed by atoms with Gasteiger partial charge in [-0.3, -0.25) is 0 Å². The quantitative estimate of drug-likeness (QED) is 0.633. The van der Waals surface area contributed by atoms with Crippen molar-refractivity contribution >= 4 is 21.4 Å². The molecule has 1 rings (SSSR count). The summed E-state index contributed by atoms with van der Waals surface area (Å²) in [5, 5.41) is -0.355. The summed E-state index contributed by atoms with van der Waals surface area (Å²) >= 11 is 5.34. The van der Waals surface area contributed by atoms with Gasteiger partial charge in [0.2, 0.25) is 0 Å². The molecule has 0 aliphatic heterocycles. The van der Waals surface area contributed by atoms with Gasteiger partial charge in [-0.1, -0.05) is 19.3 Å². The molecule has 0 aromatic heterocycles. The molecule has 1 fully saturated rings. The van der Waals surface area contributed by atoms with Gasteiger partial charge >= 0.3 is 0 Å². The third-order valence-corrected chi connectivity index (χ3v) is 4.92.